The van der Waals surface area contributed by atoms with Gasteiger partial charge in [-0.1, -0.05) is 43.3 Å². The number of nitrogens with one attached hydrogen (secondary N) is 1. The molecule has 1 heterocycles. The highest BCUT2D eigenvalue weighted by molar-refractivity contribution is 5.95. The summed E-state index contributed by atoms with van der Waals surface area (Å²) in [5.41, 5.74) is 1.62. The molecule has 0 spiro atoms. The Morgan fingerprint density at radius 3 is 2.48 bits per heavy atom. The molecule has 1 aliphatic rings. The second kappa shape index (κ2) is 8.71. The van der Waals surface area contributed by atoms with E-state index >= 15 is 0 Å². The van der Waals surface area contributed by atoms with E-state index in [4.69, 9.17) is 4.74 Å². The van der Waals surface area contributed by atoms with Gasteiger partial charge in [-0.3, -0.25) is 9.59 Å². The first kappa shape index (κ1) is 19.0. The highest BCUT2D eigenvalue weighted by atomic mass is 16.5. The zero-order chi connectivity index (χ0) is 19.2. The SMILES string of the molecule is CCCNC(=O)[C@H]1CN(C(=O)c2ccccc2)C[C@@H]1c1ccccc1OC. The predicted molar refractivity (Wildman–Crippen MR) is 105 cm³/mol. The van der Waals surface area contributed by atoms with E-state index in [9.17, 15) is 9.59 Å². The normalized spacial score (nSPS) is 19.0. The van der Waals surface area contributed by atoms with Crippen molar-refractivity contribution in [2.75, 3.05) is 26.7 Å². The first-order chi connectivity index (χ1) is 13.2. The molecule has 0 saturated carbocycles. The van der Waals surface area contributed by atoms with Crippen LogP contribution in [0.3, 0.4) is 0 Å². The topological polar surface area (TPSA) is 58.6 Å². The maximum absolute atomic E-state index is 12.9. The van der Waals surface area contributed by atoms with Gasteiger partial charge in [0.1, 0.15) is 5.75 Å². The number of methoxy groups -OCH3 is 1. The summed E-state index contributed by atoms with van der Waals surface area (Å²) in [5, 5.41) is 2.99. The van der Waals surface area contributed by atoms with Crippen LogP contribution < -0.4 is 10.1 Å². The molecule has 1 fully saturated rings. The van der Waals surface area contributed by atoms with Gasteiger partial charge in [-0.05, 0) is 30.2 Å². The van der Waals surface area contributed by atoms with Gasteiger partial charge in [-0.25, -0.2) is 0 Å². The number of hydrogen-bond donors (Lipinski definition) is 1. The lowest BCUT2D eigenvalue weighted by Crippen LogP contribution is -2.36. The van der Waals surface area contributed by atoms with Gasteiger partial charge in [0.25, 0.3) is 5.91 Å². The van der Waals surface area contributed by atoms with E-state index in [0.29, 0.717) is 25.2 Å². The number of nitrogens with zero attached hydrogens (tertiary/aromatic N) is 1. The Kier molecular flexibility index (Phi) is 6.12. The molecule has 2 amide bonds. The number of para-hydroxylation sites is 1. The standard InChI is InChI=1S/C22H26N2O3/c1-3-13-23-21(25)19-15-24(22(26)16-9-5-4-6-10-16)14-18(19)17-11-7-8-12-20(17)27-2/h4-12,18-19H,3,13-15H2,1-2H3,(H,23,25)/t18-,19+/m1/s1. The predicted octanol–water partition coefficient (Wildman–Crippen LogP) is 3.08. The quantitative estimate of drug-likeness (QED) is 0.855. The minimum Gasteiger partial charge on any atom is -0.496 e. The van der Waals surface area contributed by atoms with Crippen molar-refractivity contribution in [2.24, 2.45) is 5.92 Å². The average molecular weight is 366 g/mol. The first-order valence-electron chi connectivity index (χ1n) is 9.40. The van der Waals surface area contributed by atoms with Crippen molar-refractivity contribution < 1.29 is 14.3 Å². The Bertz CT molecular complexity index is 791. The Morgan fingerprint density at radius 1 is 1.07 bits per heavy atom. The highest BCUT2D eigenvalue weighted by Gasteiger charge is 2.41. The van der Waals surface area contributed by atoms with Crippen LogP contribution in [0.1, 0.15) is 35.2 Å². The van der Waals surface area contributed by atoms with E-state index in [-0.39, 0.29) is 23.7 Å². The van der Waals surface area contributed by atoms with E-state index in [2.05, 4.69) is 5.32 Å². The Morgan fingerprint density at radius 2 is 1.78 bits per heavy atom. The fraction of sp³-hybridized carbons (Fsp3) is 0.364. The molecule has 3 rings (SSSR count). The van der Waals surface area contributed by atoms with Crippen LogP contribution in [-0.2, 0) is 4.79 Å². The fourth-order valence-corrected chi connectivity index (χ4v) is 3.67. The number of carbonyl (C=O) groups is 2. The lowest BCUT2D eigenvalue weighted by atomic mass is 9.87. The molecule has 0 unspecified atom stereocenters. The van der Waals surface area contributed by atoms with Crippen molar-refractivity contribution in [3.8, 4) is 5.75 Å². The summed E-state index contributed by atoms with van der Waals surface area (Å²) < 4.78 is 5.51. The maximum Gasteiger partial charge on any atom is 0.253 e. The molecule has 5 nitrogen and oxygen atoms in total. The van der Waals surface area contributed by atoms with E-state index in [1.807, 2.05) is 61.5 Å². The molecule has 2 aromatic rings. The van der Waals surface area contributed by atoms with Crippen LogP contribution in [0.15, 0.2) is 54.6 Å². The van der Waals surface area contributed by atoms with Crippen molar-refractivity contribution in [2.45, 2.75) is 19.3 Å². The van der Waals surface area contributed by atoms with Crippen molar-refractivity contribution in [1.29, 1.82) is 0 Å². The van der Waals surface area contributed by atoms with Gasteiger partial charge >= 0.3 is 0 Å². The van der Waals surface area contributed by atoms with E-state index in [0.717, 1.165) is 17.7 Å². The molecule has 1 N–H and O–H groups in total. The van der Waals surface area contributed by atoms with Crippen molar-refractivity contribution in [3.63, 3.8) is 0 Å². The minimum absolute atomic E-state index is 0.00359. The Hall–Kier alpha value is -2.82. The number of ether oxygens (including phenoxy) is 1. The lowest BCUT2D eigenvalue weighted by Gasteiger charge is -2.20. The summed E-state index contributed by atoms with van der Waals surface area (Å²) in [7, 11) is 1.63. The number of benzene rings is 2. The van der Waals surface area contributed by atoms with Gasteiger partial charge in [-0.15, -0.1) is 0 Å². The summed E-state index contributed by atoms with van der Waals surface area (Å²) in [6.07, 6.45) is 0.879. The molecule has 0 radical (unpaired) electrons. The second-order valence-corrected chi connectivity index (χ2v) is 6.82. The van der Waals surface area contributed by atoms with Crippen LogP contribution >= 0.6 is 0 Å². The summed E-state index contributed by atoms with van der Waals surface area (Å²) in [5.74, 6) is 0.327. The monoisotopic (exact) mass is 366 g/mol. The Balaban J connectivity index is 1.89. The van der Waals surface area contributed by atoms with Crippen LogP contribution in [-0.4, -0.2) is 43.5 Å². The molecule has 27 heavy (non-hydrogen) atoms. The van der Waals surface area contributed by atoms with Gasteiger partial charge in [0, 0.05) is 31.1 Å². The number of rotatable bonds is 6. The number of carbonyl (C=O) groups excluding carboxylic acids is 2. The van der Waals surface area contributed by atoms with E-state index in [1.165, 1.54) is 0 Å². The molecule has 0 bridgehead atoms. The molecule has 1 aliphatic heterocycles. The summed E-state index contributed by atoms with van der Waals surface area (Å²) in [4.78, 5) is 27.5. The molecule has 1 saturated heterocycles. The number of hydrogen-bond acceptors (Lipinski definition) is 3. The summed E-state index contributed by atoms with van der Waals surface area (Å²) >= 11 is 0. The van der Waals surface area contributed by atoms with Crippen molar-refractivity contribution >= 4 is 11.8 Å². The van der Waals surface area contributed by atoms with E-state index in [1.54, 1.807) is 12.0 Å². The van der Waals surface area contributed by atoms with Crippen molar-refractivity contribution in [3.05, 3.63) is 65.7 Å². The molecule has 5 heteroatoms. The van der Waals surface area contributed by atoms with Gasteiger partial charge < -0.3 is 15.0 Å². The molecule has 0 aliphatic carbocycles. The van der Waals surface area contributed by atoms with Gasteiger partial charge in [0.2, 0.25) is 5.91 Å². The van der Waals surface area contributed by atoms with Gasteiger partial charge in [0.15, 0.2) is 0 Å². The van der Waals surface area contributed by atoms with Crippen LogP contribution in [0.4, 0.5) is 0 Å². The molecular formula is C22H26N2O3. The number of likely N-dealkylation sites (tertiary alicyclic amines) is 1. The highest BCUT2D eigenvalue weighted by Crippen LogP contribution is 2.38. The Labute approximate surface area is 160 Å². The third-order valence-corrected chi connectivity index (χ3v) is 5.05. The molecule has 2 atom stereocenters. The molecule has 142 valence electrons. The van der Waals surface area contributed by atoms with Crippen molar-refractivity contribution in [1.82, 2.24) is 10.2 Å². The number of amides is 2. The summed E-state index contributed by atoms with van der Waals surface area (Å²) in [6, 6.07) is 17.0. The fourth-order valence-electron chi connectivity index (χ4n) is 3.67. The third kappa shape index (κ3) is 4.13. The first-order valence-corrected chi connectivity index (χ1v) is 9.40. The third-order valence-electron chi connectivity index (χ3n) is 5.05. The maximum atomic E-state index is 12.9. The van der Waals surface area contributed by atoms with Gasteiger partial charge in [-0.2, -0.15) is 0 Å². The molecule has 0 aromatic heterocycles. The lowest BCUT2D eigenvalue weighted by molar-refractivity contribution is -0.124. The van der Waals surface area contributed by atoms with Crippen LogP contribution in [0.2, 0.25) is 0 Å². The average Bonchev–Trinajstić information content (AvgIpc) is 3.17. The second-order valence-electron chi connectivity index (χ2n) is 6.82. The zero-order valence-corrected chi connectivity index (χ0v) is 15.9. The largest absolute Gasteiger partial charge is 0.496 e. The molecule has 2 aromatic carbocycles. The molecular weight excluding hydrogens is 340 g/mol. The smallest absolute Gasteiger partial charge is 0.253 e. The zero-order valence-electron chi connectivity index (χ0n) is 15.9. The summed E-state index contributed by atoms with van der Waals surface area (Å²) in [6.45, 7) is 3.57. The van der Waals surface area contributed by atoms with Crippen LogP contribution in [0.25, 0.3) is 0 Å². The minimum atomic E-state index is -0.291. The van der Waals surface area contributed by atoms with E-state index < -0.39 is 0 Å². The van der Waals surface area contributed by atoms with Gasteiger partial charge in [0.05, 0.1) is 13.0 Å². The van der Waals surface area contributed by atoms with Crippen LogP contribution in [0, 0.1) is 5.92 Å². The van der Waals surface area contributed by atoms with Crippen LogP contribution in [0.5, 0.6) is 5.75 Å².